The molecule has 0 N–H and O–H groups in total. The molecule has 1 aromatic rings. The van der Waals surface area contributed by atoms with E-state index < -0.39 is 0 Å². The lowest BCUT2D eigenvalue weighted by atomic mass is 10.1. The van der Waals surface area contributed by atoms with Crippen molar-refractivity contribution in [3.8, 4) is 0 Å². The molecule has 0 aliphatic heterocycles. The molecule has 0 saturated carbocycles. The second-order valence-corrected chi connectivity index (χ2v) is 3.00. The summed E-state index contributed by atoms with van der Waals surface area (Å²) in [5.74, 6) is 0.481. The van der Waals surface area contributed by atoms with Gasteiger partial charge in [0.15, 0.2) is 0 Å². The largest absolute Gasteiger partial charge is 0.159 e. The summed E-state index contributed by atoms with van der Waals surface area (Å²) in [6.45, 7) is 10.4. The van der Waals surface area contributed by atoms with Gasteiger partial charge in [-0.1, -0.05) is 34.6 Å². The van der Waals surface area contributed by atoms with Gasteiger partial charge in [-0.05, 0) is 24.0 Å². The second-order valence-electron chi connectivity index (χ2n) is 3.00. The van der Waals surface area contributed by atoms with E-state index in [-0.39, 0.29) is 0 Å². The van der Waals surface area contributed by atoms with E-state index in [9.17, 15) is 0 Å². The Hall–Kier alpha value is -0.920. The number of aryl methyl sites for hydroxylation is 1. The number of rotatable bonds is 2. The van der Waals surface area contributed by atoms with E-state index in [0.29, 0.717) is 5.92 Å². The van der Waals surface area contributed by atoms with Gasteiger partial charge in [-0.3, -0.25) is 0 Å². The van der Waals surface area contributed by atoms with Crippen molar-refractivity contribution in [2.24, 2.45) is 0 Å². The van der Waals surface area contributed by atoms with Gasteiger partial charge in [-0.2, -0.15) is 10.2 Å². The van der Waals surface area contributed by atoms with Crippen LogP contribution in [0.15, 0.2) is 12.3 Å². The Morgan fingerprint density at radius 3 is 2.38 bits per heavy atom. The fraction of sp³-hybridized carbons (Fsp3) is 0.636. The fourth-order valence-electron chi connectivity index (χ4n) is 0.901. The molecular weight excluding hydrogens is 160 g/mol. The van der Waals surface area contributed by atoms with Gasteiger partial charge in [0.2, 0.25) is 0 Å². The van der Waals surface area contributed by atoms with Crippen LogP contribution >= 0.6 is 0 Å². The molecule has 0 saturated heterocycles. The van der Waals surface area contributed by atoms with Crippen LogP contribution in [0.25, 0.3) is 0 Å². The van der Waals surface area contributed by atoms with E-state index in [4.69, 9.17) is 0 Å². The molecule has 0 fully saturated rings. The summed E-state index contributed by atoms with van der Waals surface area (Å²) in [6, 6.07) is 2.12. The lowest BCUT2D eigenvalue weighted by Gasteiger charge is -2.03. The van der Waals surface area contributed by atoms with Gasteiger partial charge in [0.25, 0.3) is 0 Å². The van der Waals surface area contributed by atoms with Gasteiger partial charge in [-0.15, -0.1) is 0 Å². The lowest BCUT2D eigenvalue weighted by molar-refractivity contribution is 0.777. The SMILES string of the molecule is CC.CCc1cnnc(C(C)C)c1. The van der Waals surface area contributed by atoms with Crippen LogP contribution in [0.2, 0.25) is 0 Å². The first-order valence-corrected chi connectivity index (χ1v) is 5.05. The number of hydrogen-bond acceptors (Lipinski definition) is 2. The number of aromatic nitrogens is 2. The first-order valence-electron chi connectivity index (χ1n) is 5.05. The maximum absolute atomic E-state index is 4.04. The van der Waals surface area contributed by atoms with Crippen molar-refractivity contribution in [1.82, 2.24) is 10.2 Å². The summed E-state index contributed by atoms with van der Waals surface area (Å²) in [5, 5.41) is 7.96. The third-order valence-electron chi connectivity index (χ3n) is 1.73. The molecule has 0 aliphatic rings. The molecule has 74 valence electrons. The van der Waals surface area contributed by atoms with Gasteiger partial charge >= 0.3 is 0 Å². The highest BCUT2D eigenvalue weighted by Gasteiger charge is 2.00. The van der Waals surface area contributed by atoms with Gasteiger partial charge in [0, 0.05) is 0 Å². The molecule has 1 heterocycles. The minimum Gasteiger partial charge on any atom is -0.159 e. The van der Waals surface area contributed by atoms with E-state index in [1.807, 2.05) is 20.0 Å². The summed E-state index contributed by atoms with van der Waals surface area (Å²) in [6.07, 6.45) is 2.86. The molecule has 0 aromatic carbocycles. The molecule has 13 heavy (non-hydrogen) atoms. The maximum atomic E-state index is 4.04. The molecule has 0 atom stereocenters. The zero-order valence-electron chi connectivity index (χ0n) is 9.33. The highest BCUT2D eigenvalue weighted by Crippen LogP contribution is 2.11. The first kappa shape index (κ1) is 12.1. The van der Waals surface area contributed by atoms with Crippen LogP contribution < -0.4 is 0 Å². The van der Waals surface area contributed by atoms with Crippen molar-refractivity contribution in [3.63, 3.8) is 0 Å². The van der Waals surface area contributed by atoms with E-state index in [1.54, 1.807) is 0 Å². The zero-order valence-corrected chi connectivity index (χ0v) is 9.33. The summed E-state index contributed by atoms with van der Waals surface area (Å²) in [5.41, 5.74) is 2.35. The molecular formula is C11H20N2. The Kier molecular flexibility index (Phi) is 6.11. The zero-order chi connectivity index (χ0) is 10.3. The van der Waals surface area contributed by atoms with Crippen molar-refractivity contribution in [2.75, 3.05) is 0 Å². The predicted octanol–water partition coefficient (Wildman–Crippen LogP) is 3.19. The van der Waals surface area contributed by atoms with Crippen molar-refractivity contribution >= 4 is 0 Å². The van der Waals surface area contributed by atoms with Gasteiger partial charge in [0.05, 0.1) is 11.9 Å². The second kappa shape index (κ2) is 6.58. The Morgan fingerprint density at radius 1 is 1.31 bits per heavy atom. The fourth-order valence-corrected chi connectivity index (χ4v) is 0.901. The molecule has 2 heteroatoms. The van der Waals surface area contributed by atoms with Crippen LogP contribution in [0.5, 0.6) is 0 Å². The molecule has 1 aromatic heterocycles. The van der Waals surface area contributed by atoms with E-state index in [1.165, 1.54) is 5.56 Å². The van der Waals surface area contributed by atoms with Gasteiger partial charge in [0.1, 0.15) is 0 Å². The first-order chi connectivity index (χ1) is 6.24. The van der Waals surface area contributed by atoms with Crippen molar-refractivity contribution in [3.05, 3.63) is 23.5 Å². The lowest BCUT2D eigenvalue weighted by Crippen LogP contribution is -1.96. The standard InChI is InChI=1S/C9H14N2.C2H6/c1-4-8-5-9(7(2)3)11-10-6-8;1-2/h5-7H,4H2,1-3H3;1-2H3. The quantitative estimate of drug-likeness (QED) is 0.698. The molecule has 0 spiro atoms. The molecule has 0 radical (unpaired) electrons. The predicted molar refractivity (Wildman–Crippen MR) is 56.8 cm³/mol. The third-order valence-corrected chi connectivity index (χ3v) is 1.73. The minimum absolute atomic E-state index is 0.481. The molecule has 0 aliphatic carbocycles. The van der Waals surface area contributed by atoms with Crippen LogP contribution in [-0.4, -0.2) is 10.2 Å². The average molecular weight is 180 g/mol. The van der Waals surface area contributed by atoms with E-state index in [0.717, 1.165) is 12.1 Å². The highest BCUT2D eigenvalue weighted by atomic mass is 15.1. The van der Waals surface area contributed by atoms with Crippen LogP contribution in [0.3, 0.4) is 0 Å². The summed E-state index contributed by atoms with van der Waals surface area (Å²) in [4.78, 5) is 0. The smallest absolute Gasteiger partial charge is 0.0659 e. The molecule has 0 unspecified atom stereocenters. The Balaban J connectivity index is 0.000000671. The van der Waals surface area contributed by atoms with Crippen LogP contribution in [0, 0.1) is 0 Å². The van der Waals surface area contributed by atoms with Gasteiger partial charge in [-0.25, -0.2) is 0 Å². The molecule has 1 rings (SSSR count). The van der Waals surface area contributed by atoms with Gasteiger partial charge < -0.3 is 0 Å². The highest BCUT2D eigenvalue weighted by molar-refractivity contribution is 5.14. The summed E-state index contributed by atoms with van der Waals surface area (Å²) < 4.78 is 0. The minimum atomic E-state index is 0.481. The van der Waals surface area contributed by atoms with E-state index >= 15 is 0 Å². The third kappa shape index (κ3) is 4.02. The van der Waals surface area contributed by atoms with Crippen molar-refractivity contribution in [1.29, 1.82) is 0 Å². The number of nitrogens with zero attached hydrogens (tertiary/aromatic N) is 2. The molecule has 0 bridgehead atoms. The van der Waals surface area contributed by atoms with Crippen LogP contribution in [-0.2, 0) is 6.42 Å². The summed E-state index contributed by atoms with van der Waals surface area (Å²) >= 11 is 0. The van der Waals surface area contributed by atoms with Crippen molar-refractivity contribution < 1.29 is 0 Å². The average Bonchev–Trinajstić information content (AvgIpc) is 2.21. The monoisotopic (exact) mass is 180 g/mol. The van der Waals surface area contributed by atoms with Crippen molar-refractivity contribution in [2.45, 2.75) is 47.0 Å². The summed E-state index contributed by atoms with van der Waals surface area (Å²) in [7, 11) is 0. The Labute approximate surface area is 81.4 Å². The number of hydrogen-bond donors (Lipinski definition) is 0. The Bertz CT molecular complexity index is 231. The Morgan fingerprint density at radius 2 is 1.92 bits per heavy atom. The topological polar surface area (TPSA) is 25.8 Å². The normalized spacial score (nSPS) is 9.38. The molecule has 0 amide bonds. The van der Waals surface area contributed by atoms with Crippen LogP contribution in [0.1, 0.15) is 51.8 Å². The van der Waals surface area contributed by atoms with Crippen LogP contribution in [0.4, 0.5) is 0 Å². The maximum Gasteiger partial charge on any atom is 0.0659 e. The van der Waals surface area contributed by atoms with E-state index in [2.05, 4.69) is 37.0 Å². The molecule has 2 nitrogen and oxygen atoms in total.